The number of carbonyl (C=O) groups excluding carboxylic acids is 1. The molecule has 0 amide bonds. The van der Waals surface area contributed by atoms with Crippen molar-refractivity contribution in [1.29, 1.82) is 0 Å². The smallest absolute Gasteiger partial charge is 0.339 e. The molecular weight excluding hydrogens is 354 g/mol. The molecule has 0 bridgehead atoms. The van der Waals surface area contributed by atoms with Gasteiger partial charge in [-0.1, -0.05) is 29.8 Å². The molecule has 3 aromatic rings. The standard InChI is InChI=1S/C19H18ClN3O3/c1-12-21-18(14-6-9-16(17(20)10-14)19(24)26-3)22-23(12)11-13-4-7-15(25-2)8-5-13/h4-10H,11H2,1-3H3. The van der Waals surface area contributed by atoms with Crippen molar-refractivity contribution in [3.63, 3.8) is 0 Å². The van der Waals surface area contributed by atoms with Crippen molar-refractivity contribution in [1.82, 2.24) is 14.8 Å². The predicted molar refractivity (Wildman–Crippen MR) is 98.6 cm³/mol. The molecular formula is C19H18ClN3O3. The molecule has 0 aliphatic rings. The minimum absolute atomic E-state index is 0.304. The molecule has 26 heavy (non-hydrogen) atoms. The second kappa shape index (κ2) is 7.58. The van der Waals surface area contributed by atoms with Crippen LogP contribution in [-0.2, 0) is 11.3 Å². The minimum atomic E-state index is -0.476. The van der Waals surface area contributed by atoms with E-state index >= 15 is 0 Å². The van der Waals surface area contributed by atoms with Crippen LogP contribution in [-0.4, -0.2) is 35.0 Å². The zero-order valence-corrected chi connectivity index (χ0v) is 15.4. The van der Waals surface area contributed by atoms with Crippen LogP contribution >= 0.6 is 11.6 Å². The normalized spacial score (nSPS) is 10.6. The second-order valence-electron chi connectivity index (χ2n) is 5.67. The molecule has 0 aliphatic carbocycles. The number of benzene rings is 2. The van der Waals surface area contributed by atoms with E-state index in [2.05, 4.69) is 10.1 Å². The van der Waals surface area contributed by atoms with Crippen LogP contribution in [0.15, 0.2) is 42.5 Å². The monoisotopic (exact) mass is 371 g/mol. The highest BCUT2D eigenvalue weighted by Gasteiger charge is 2.14. The van der Waals surface area contributed by atoms with E-state index in [0.717, 1.165) is 22.7 Å². The summed E-state index contributed by atoms with van der Waals surface area (Å²) in [7, 11) is 2.96. The predicted octanol–water partition coefficient (Wildman–Crippen LogP) is 3.75. The molecule has 0 aliphatic heterocycles. The molecule has 1 heterocycles. The number of aromatic nitrogens is 3. The first-order chi connectivity index (χ1) is 12.5. The van der Waals surface area contributed by atoms with E-state index in [1.54, 1.807) is 25.3 Å². The highest BCUT2D eigenvalue weighted by atomic mass is 35.5. The van der Waals surface area contributed by atoms with E-state index < -0.39 is 5.97 Å². The van der Waals surface area contributed by atoms with E-state index in [9.17, 15) is 4.79 Å². The maximum Gasteiger partial charge on any atom is 0.339 e. The summed E-state index contributed by atoms with van der Waals surface area (Å²) in [6.07, 6.45) is 0. The zero-order chi connectivity index (χ0) is 18.7. The van der Waals surface area contributed by atoms with Gasteiger partial charge < -0.3 is 9.47 Å². The van der Waals surface area contributed by atoms with Gasteiger partial charge >= 0.3 is 5.97 Å². The Balaban J connectivity index is 1.85. The molecule has 3 rings (SSSR count). The first kappa shape index (κ1) is 17.9. The van der Waals surface area contributed by atoms with Gasteiger partial charge in [-0.15, -0.1) is 0 Å². The highest BCUT2D eigenvalue weighted by molar-refractivity contribution is 6.33. The quantitative estimate of drug-likeness (QED) is 0.639. The summed E-state index contributed by atoms with van der Waals surface area (Å²) in [6.45, 7) is 2.49. The number of hydrogen-bond acceptors (Lipinski definition) is 5. The van der Waals surface area contributed by atoms with Crippen molar-refractivity contribution < 1.29 is 14.3 Å². The number of nitrogens with zero attached hydrogens (tertiary/aromatic N) is 3. The summed E-state index contributed by atoms with van der Waals surface area (Å²) in [4.78, 5) is 16.1. The summed E-state index contributed by atoms with van der Waals surface area (Å²) in [5, 5.41) is 4.86. The number of rotatable bonds is 5. The van der Waals surface area contributed by atoms with E-state index in [1.807, 2.05) is 35.9 Å². The summed E-state index contributed by atoms with van der Waals surface area (Å²) in [5.41, 5.74) is 2.14. The number of ether oxygens (including phenoxy) is 2. The van der Waals surface area contributed by atoms with Gasteiger partial charge in [0.1, 0.15) is 11.6 Å². The molecule has 0 fully saturated rings. The summed E-state index contributed by atoms with van der Waals surface area (Å²) in [6, 6.07) is 12.8. The Hall–Kier alpha value is -2.86. The fourth-order valence-corrected chi connectivity index (χ4v) is 2.78. The number of carbonyl (C=O) groups is 1. The number of methoxy groups -OCH3 is 2. The lowest BCUT2D eigenvalue weighted by molar-refractivity contribution is 0.0601. The minimum Gasteiger partial charge on any atom is -0.497 e. The van der Waals surface area contributed by atoms with Crippen molar-refractivity contribution in [2.75, 3.05) is 14.2 Å². The molecule has 7 heteroatoms. The lowest BCUT2D eigenvalue weighted by atomic mass is 10.1. The Labute approximate surface area is 156 Å². The van der Waals surface area contributed by atoms with Crippen LogP contribution in [0.1, 0.15) is 21.7 Å². The molecule has 0 N–H and O–H groups in total. The molecule has 6 nitrogen and oxygen atoms in total. The first-order valence-corrected chi connectivity index (χ1v) is 8.32. The van der Waals surface area contributed by atoms with Gasteiger partial charge in [0.2, 0.25) is 0 Å². The van der Waals surface area contributed by atoms with E-state index in [0.29, 0.717) is 23.0 Å². The Morgan fingerprint density at radius 1 is 1.15 bits per heavy atom. The maximum atomic E-state index is 11.6. The van der Waals surface area contributed by atoms with Gasteiger partial charge in [-0.05, 0) is 36.8 Å². The van der Waals surface area contributed by atoms with Crippen LogP contribution in [0, 0.1) is 6.92 Å². The molecule has 0 saturated carbocycles. The van der Waals surface area contributed by atoms with Crippen LogP contribution in [0.2, 0.25) is 5.02 Å². The number of aryl methyl sites for hydroxylation is 1. The molecule has 0 radical (unpaired) electrons. The summed E-state index contributed by atoms with van der Waals surface area (Å²) in [5.74, 6) is 1.67. The van der Waals surface area contributed by atoms with E-state index in [4.69, 9.17) is 21.1 Å². The Bertz CT molecular complexity index is 936. The van der Waals surface area contributed by atoms with Crippen LogP contribution < -0.4 is 4.74 Å². The van der Waals surface area contributed by atoms with Gasteiger partial charge in [0.25, 0.3) is 0 Å². The molecule has 0 saturated heterocycles. The molecule has 0 spiro atoms. The van der Waals surface area contributed by atoms with Crippen molar-refractivity contribution in [2.45, 2.75) is 13.5 Å². The molecule has 0 atom stereocenters. The van der Waals surface area contributed by atoms with Crippen molar-refractivity contribution in [3.05, 3.63) is 64.4 Å². The third-order valence-electron chi connectivity index (χ3n) is 3.98. The van der Waals surface area contributed by atoms with Gasteiger partial charge in [0.05, 0.1) is 31.4 Å². The topological polar surface area (TPSA) is 66.2 Å². The summed E-state index contributed by atoms with van der Waals surface area (Å²) >= 11 is 6.18. The zero-order valence-electron chi connectivity index (χ0n) is 14.7. The third-order valence-corrected chi connectivity index (χ3v) is 4.29. The number of hydrogen-bond donors (Lipinski definition) is 0. The van der Waals surface area contributed by atoms with Gasteiger partial charge in [-0.2, -0.15) is 5.10 Å². The SMILES string of the molecule is COC(=O)c1ccc(-c2nc(C)n(Cc3ccc(OC)cc3)n2)cc1Cl. The Morgan fingerprint density at radius 3 is 2.50 bits per heavy atom. The van der Waals surface area contributed by atoms with Gasteiger partial charge in [-0.3, -0.25) is 0 Å². The number of esters is 1. The maximum absolute atomic E-state index is 11.6. The van der Waals surface area contributed by atoms with Crippen molar-refractivity contribution >= 4 is 17.6 Å². The number of halogens is 1. The fourth-order valence-electron chi connectivity index (χ4n) is 2.53. The van der Waals surface area contributed by atoms with Gasteiger partial charge in [0.15, 0.2) is 5.82 Å². The molecule has 134 valence electrons. The van der Waals surface area contributed by atoms with Crippen LogP contribution in [0.3, 0.4) is 0 Å². The largest absolute Gasteiger partial charge is 0.497 e. The summed E-state index contributed by atoms with van der Waals surface area (Å²) < 4.78 is 11.7. The lowest BCUT2D eigenvalue weighted by Gasteiger charge is -2.05. The van der Waals surface area contributed by atoms with Crippen molar-refractivity contribution in [2.24, 2.45) is 0 Å². The fraction of sp³-hybridized carbons (Fsp3) is 0.211. The molecule has 0 unspecified atom stereocenters. The van der Waals surface area contributed by atoms with Crippen molar-refractivity contribution in [3.8, 4) is 17.1 Å². The Morgan fingerprint density at radius 2 is 1.88 bits per heavy atom. The second-order valence-corrected chi connectivity index (χ2v) is 6.08. The van der Waals surface area contributed by atoms with Gasteiger partial charge in [-0.25, -0.2) is 14.5 Å². The third kappa shape index (κ3) is 3.70. The first-order valence-electron chi connectivity index (χ1n) is 7.94. The Kier molecular flexibility index (Phi) is 5.23. The van der Waals surface area contributed by atoms with E-state index in [-0.39, 0.29) is 0 Å². The molecule has 2 aromatic carbocycles. The lowest BCUT2D eigenvalue weighted by Crippen LogP contribution is -2.04. The van der Waals surface area contributed by atoms with Crippen LogP contribution in [0.25, 0.3) is 11.4 Å². The van der Waals surface area contributed by atoms with Crippen LogP contribution in [0.5, 0.6) is 5.75 Å². The molecule has 1 aromatic heterocycles. The van der Waals surface area contributed by atoms with Crippen LogP contribution in [0.4, 0.5) is 0 Å². The highest BCUT2D eigenvalue weighted by Crippen LogP contribution is 2.24. The average molecular weight is 372 g/mol. The average Bonchev–Trinajstić information content (AvgIpc) is 3.02. The van der Waals surface area contributed by atoms with E-state index in [1.165, 1.54) is 7.11 Å². The van der Waals surface area contributed by atoms with Gasteiger partial charge in [0, 0.05) is 5.56 Å².